The Kier molecular flexibility index (Phi) is 5.16. The van der Waals surface area contributed by atoms with Crippen LogP contribution in [0.4, 0.5) is 0 Å². The van der Waals surface area contributed by atoms with Gasteiger partial charge in [-0.05, 0) is 18.2 Å². The first-order valence-electron chi connectivity index (χ1n) is 6.45. The van der Waals surface area contributed by atoms with Gasteiger partial charge in [0.25, 0.3) is 5.56 Å². The average Bonchev–Trinajstić information content (AvgIpc) is 2.50. The Morgan fingerprint density at radius 2 is 2.24 bits per heavy atom. The van der Waals surface area contributed by atoms with Gasteiger partial charge in [0.1, 0.15) is 6.61 Å². The summed E-state index contributed by atoms with van der Waals surface area (Å²) < 4.78 is 6.02. The number of ether oxygens (including phenoxy) is 1. The molecular weight excluding hydrogens is 272 g/mol. The Balaban J connectivity index is 2.06. The van der Waals surface area contributed by atoms with Crippen molar-refractivity contribution in [3.63, 3.8) is 0 Å². The molecule has 2 heterocycles. The minimum atomic E-state index is -0.228. The number of aromatic nitrogens is 3. The SMILES string of the molecule is COCC(=O)NCCn1nc(-c2cccnc2)ccc1=O. The van der Waals surface area contributed by atoms with E-state index in [1.54, 1.807) is 24.5 Å². The van der Waals surface area contributed by atoms with Gasteiger partial charge in [-0.2, -0.15) is 5.10 Å². The smallest absolute Gasteiger partial charge is 0.266 e. The molecule has 2 rings (SSSR count). The maximum atomic E-state index is 11.8. The molecule has 0 saturated heterocycles. The van der Waals surface area contributed by atoms with Crippen LogP contribution in [-0.2, 0) is 16.1 Å². The highest BCUT2D eigenvalue weighted by Gasteiger charge is 2.04. The van der Waals surface area contributed by atoms with Crippen molar-refractivity contribution < 1.29 is 9.53 Å². The third-order valence-electron chi connectivity index (χ3n) is 2.75. The Morgan fingerprint density at radius 3 is 2.95 bits per heavy atom. The standard InChI is InChI=1S/C14H16N4O3/c1-21-10-13(19)16-7-8-18-14(20)5-4-12(17-18)11-3-2-6-15-9-11/h2-6,9H,7-8,10H2,1H3,(H,16,19). The van der Waals surface area contributed by atoms with E-state index in [-0.39, 0.29) is 18.1 Å². The van der Waals surface area contributed by atoms with Crippen LogP contribution in [0.2, 0.25) is 0 Å². The van der Waals surface area contributed by atoms with Gasteiger partial charge >= 0.3 is 0 Å². The summed E-state index contributed by atoms with van der Waals surface area (Å²) in [6, 6.07) is 6.77. The molecular formula is C14H16N4O3. The number of hydrogen-bond donors (Lipinski definition) is 1. The van der Waals surface area contributed by atoms with Crippen LogP contribution in [0.25, 0.3) is 11.3 Å². The lowest BCUT2D eigenvalue weighted by Crippen LogP contribution is -2.33. The van der Waals surface area contributed by atoms with E-state index in [4.69, 9.17) is 4.74 Å². The molecule has 0 atom stereocenters. The van der Waals surface area contributed by atoms with Gasteiger partial charge in [-0.25, -0.2) is 4.68 Å². The molecule has 1 N–H and O–H groups in total. The van der Waals surface area contributed by atoms with Gasteiger partial charge in [0, 0.05) is 37.7 Å². The van der Waals surface area contributed by atoms with E-state index in [0.717, 1.165) is 5.56 Å². The van der Waals surface area contributed by atoms with Gasteiger partial charge in [0.2, 0.25) is 5.91 Å². The Labute approximate surface area is 121 Å². The highest BCUT2D eigenvalue weighted by Crippen LogP contribution is 2.12. The lowest BCUT2D eigenvalue weighted by Gasteiger charge is -2.08. The van der Waals surface area contributed by atoms with Gasteiger partial charge in [0.15, 0.2) is 0 Å². The molecule has 2 aromatic heterocycles. The highest BCUT2D eigenvalue weighted by molar-refractivity contribution is 5.77. The Morgan fingerprint density at radius 1 is 1.38 bits per heavy atom. The predicted octanol–water partition coefficient (Wildman–Crippen LogP) is 0.0679. The molecule has 0 bridgehead atoms. The van der Waals surface area contributed by atoms with Crippen LogP contribution in [-0.4, -0.2) is 40.9 Å². The van der Waals surface area contributed by atoms with Crippen LogP contribution in [0.1, 0.15) is 0 Å². The van der Waals surface area contributed by atoms with Gasteiger partial charge in [-0.3, -0.25) is 14.6 Å². The molecule has 110 valence electrons. The zero-order valence-corrected chi connectivity index (χ0v) is 11.7. The van der Waals surface area contributed by atoms with Crippen LogP contribution in [0.3, 0.4) is 0 Å². The van der Waals surface area contributed by atoms with Crippen molar-refractivity contribution in [1.29, 1.82) is 0 Å². The topological polar surface area (TPSA) is 86.1 Å². The normalized spacial score (nSPS) is 10.3. The maximum Gasteiger partial charge on any atom is 0.266 e. The third kappa shape index (κ3) is 4.22. The second-order valence-corrected chi connectivity index (χ2v) is 4.30. The number of amides is 1. The van der Waals surface area contributed by atoms with E-state index in [1.165, 1.54) is 17.9 Å². The van der Waals surface area contributed by atoms with Crippen molar-refractivity contribution in [3.05, 3.63) is 47.0 Å². The molecule has 0 unspecified atom stereocenters. The molecule has 0 saturated carbocycles. The molecule has 7 nitrogen and oxygen atoms in total. The fourth-order valence-corrected chi connectivity index (χ4v) is 1.76. The number of nitrogens with one attached hydrogen (secondary N) is 1. The average molecular weight is 288 g/mol. The lowest BCUT2D eigenvalue weighted by molar-refractivity contribution is -0.124. The van der Waals surface area contributed by atoms with Crippen molar-refractivity contribution in [1.82, 2.24) is 20.1 Å². The zero-order chi connectivity index (χ0) is 15.1. The molecule has 0 aliphatic carbocycles. The Hall–Kier alpha value is -2.54. The minimum Gasteiger partial charge on any atom is -0.375 e. The predicted molar refractivity (Wildman–Crippen MR) is 76.6 cm³/mol. The molecule has 1 amide bonds. The van der Waals surface area contributed by atoms with Gasteiger partial charge in [-0.15, -0.1) is 0 Å². The van der Waals surface area contributed by atoms with E-state index in [9.17, 15) is 9.59 Å². The summed E-state index contributed by atoms with van der Waals surface area (Å²) in [7, 11) is 1.45. The fourth-order valence-electron chi connectivity index (χ4n) is 1.76. The second kappa shape index (κ2) is 7.30. The zero-order valence-electron chi connectivity index (χ0n) is 11.7. The number of hydrogen-bond acceptors (Lipinski definition) is 5. The first-order chi connectivity index (χ1) is 10.2. The highest BCUT2D eigenvalue weighted by atomic mass is 16.5. The molecule has 0 fully saturated rings. The van der Waals surface area contributed by atoms with E-state index >= 15 is 0 Å². The van der Waals surface area contributed by atoms with Crippen molar-refractivity contribution in [2.24, 2.45) is 0 Å². The van der Waals surface area contributed by atoms with E-state index in [2.05, 4.69) is 15.4 Å². The van der Waals surface area contributed by atoms with Crippen LogP contribution in [0.15, 0.2) is 41.5 Å². The van der Waals surface area contributed by atoms with E-state index in [0.29, 0.717) is 18.8 Å². The van der Waals surface area contributed by atoms with Crippen LogP contribution in [0.5, 0.6) is 0 Å². The summed E-state index contributed by atoms with van der Waals surface area (Å²) in [5.41, 5.74) is 1.27. The number of methoxy groups -OCH3 is 1. The quantitative estimate of drug-likeness (QED) is 0.813. The summed E-state index contributed by atoms with van der Waals surface area (Å²) in [4.78, 5) is 27.0. The fraction of sp³-hybridized carbons (Fsp3) is 0.286. The molecule has 2 aromatic rings. The summed E-state index contributed by atoms with van der Waals surface area (Å²) in [6.45, 7) is 0.603. The number of carbonyl (C=O) groups excluding carboxylic acids is 1. The van der Waals surface area contributed by atoms with Crippen LogP contribution in [0, 0.1) is 0 Å². The van der Waals surface area contributed by atoms with E-state index < -0.39 is 0 Å². The summed E-state index contributed by atoms with van der Waals surface area (Å²) in [5.74, 6) is -0.228. The van der Waals surface area contributed by atoms with Crippen molar-refractivity contribution in [2.75, 3.05) is 20.3 Å². The van der Waals surface area contributed by atoms with Crippen LogP contribution >= 0.6 is 0 Å². The number of nitrogens with zero attached hydrogens (tertiary/aromatic N) is 3. The van der Waals surface area contributed by atoms with Gasteiger partial charge in [0.05, 0.1) is 12.2 Å². The summed E-state index contributed by atoms with van der Waals surface area (Å²) in [6.07, 6.45) is 3.35. The molecule has 0 spiro atoms. The number of rotatable bonds is 6. The lowest BCUT2D eigenvalue weighted by atomic mass is 10.2. The molecule has 0 aliphatic heterocycles. The van der Waals surface area contributed by atoms with Crippen molar-refractivity contribution in [3.8, 4) is 11.3 Å². The molecule has 0 radical (unpaired) electrons. The second-order valence-electron chi connectivity index (χ2n) is 4.30. The van der Waals surface area contributed by atoms with E-state index in [1.807, 2.05) is 6.07 Å². The van der Waals surface area contributed by atoms with Crippen molar-refractivity contribution >= 4 is 5.91 Å². The Bertz CT molecular complexity index is 655. The number of pyridine rings is 1. The minimum absolute atomic E-state index is 0.00193. The largest absolute Gasteiger partial charge is 0.375 e. The molecule has 0 aliphatic rings. The first kappa shape index (κ1) is 14.9. The maximum absolute atomic E-state index is 11.8. The summed E-state index contributed by atoms with van der Waals surface area (Å²) in [5, 5.41) is 6.91. The van der Waals surface area contributed by atoms with Gasteiger partial charge in [-0.1, -0.05) is 0 Å². The summed E-state index contributed by atoms with van der Waals surface area (Å²) >= 11 is 0. The van der Waals surface area contributed by atoms with Crippen molar-refractivity contribution in [2.45, 2.75) is 6.54 Å². The first-order valence-corrected chi connectivity index (χ1v) is 6.45. The molecule has 7 heteroatoms. The number of carbonyl (C=O) groups is 1. The monoisotopic (exact) mass is 288 g/mol. The van der Waals surface area contributed by atoms with Crippen LogP contribution < -0.4 is 10.9 Å². The molecule has 21 heavy (non-hydrogen) atoms. The third-order valence-corrected chi connectivity index (χ3v) is 2.75. The van der Waals surface area contributed by atoms with Gasteiger partial charge < -0.3 is 10.1 Å². The molecule has 0 aromatic carbocycles.